The van der Waals surface area contributed by atoms with Crippen molar-refractivity contribution >= 4 is 11.7 Å². The standard InChI is InChI=1S/C17H22N2O4/c1-11(20)14-15(12-5-7-13(23-4)8-6-12)19(10-9-18(2)3)17(22)16(14)21/h5-8,15,21H,9-10H2,1-4H3/t15-/m1/s1. The fraction of sp³-hybridized carbons (Fsp3) is 0.412. The maximum atomic E-state index is 12.4. The van der Waals surface area contributed by atoms with Crippen LogP contribution in [0.4, 0.5) is 0 Å². The zero-order valence-corrected chi connectivity index (χ0v) is 13.9. The number of rotatable bonds is 6. The summed E-state index contributed by atoms with van der Waals surface area (Å²) in [5, 5.41) is 10.1. The van der Waals surface area contributed by atoms with Crippen molar-refractivity contribution in [3.63, 3.8) is 0 Å². The van der Waals surface area contributed by atoms with Gasteiger partial charge in [0.05, 0.1) is 18.7 Å². The summed E-state index contributed by atoms with van der Waals surface area (Å²) in [6, 6.07) is 6.60. The fourth-order valence-electron chi connectivity index (χ4n) is 2.68. The normalized spacial score (nSPS) is 18.0. The van der Waals surface area contributed by atoms with Crippen molar-refractivity contribution in [1.29, 1.82) is 0 Å². The van der Waals surface area contributed by atoms with Gasteiger partial charge in [-0.3, -0.25) is 9.59 Å². The first-order valence-electron chi connectivity index (χ1n) is 7.40. The number of hydrogen-bond donors (Lipinski definition) is 1. The Morgan fingerprint density at radius 1 is 1.30 bits per heavy atom. The molecule has 0 bridgehead atoms. The van der Waals surface area contributed by atoms with Crippen LogP contribution in [0.15, 0.2) is 35.6 Å². The van der Waals surface area contributed by atoms with Gasteiger partial charge in [-0.25, -0.2) is 0 Å². The van der Waals surface area contributed by atoms with Crippen LogP contribution in [0.5, 0.6) is 5.75 Å². The van der Waals surface area contributed by atoms with Crippen LogP contribution in [0.25, 0.3) is 0 Å². The highest BCUT2D eigenvalue weighted by Crippen LogP contribution is 2.37. The highest BCUT2D eigenvalue weighted by molar-refractivity contribution is 6.08. The van der Waals surface area contributed by atoms with Gasteiger partial charge in [-0.1, -0.05) is 12.1 Å². The molecular formula is C17H22N2O4. The van der Waals surface area contributed by atoms with Crippen LogP contribution >= 0.6 is 0 Å². The van der Waals surface area contributed by atoms with Gasteiger partial charge in [-0.05, 0) is 38.7 Å². The maximum Gasteiger partial charge on any atom is 0.290 e. The van der Waals surface area contributed by atoms with Gasteiger partial charge in [-0.15, -0.1) is 0 Å². The molecule has 0 fully saturated rings. The number of ether oxygens (including phenoxy) is 1. The Kier molecular flexibility index (Phi) is 5.05. The Hall–Kier alpha value is -2.34. The summed E-state index contributed by atoms with van der Waals surface area (Å²) < 4.78 is 5.14. The van der Waals surface area contributed by atoms with Crippen LogP contribution in [0.1, 0.15) is 18.5 Å². The molecule has 0 radical (unpaired) electrons. The predicted octanol–water partition coefficient (Wildman–Crippen LogP) is 1.54. The van der Waals surface area contributed by atoms with E-state index >= 15 is 0 Å². The summed E-state index contributed by atoms with van der Waals surface area (Å²) >= 11 is 0. The molecule has 1 aromatic carbocycles. The van der Waals surface area contributed by atoms with E-state index in [0.29, 0.717) is 18.8 Å². The summed E-state index contributed by atoms with van der Waals surface area (Å²) in [5.41, 5.74) is 0.922. The van der Waals surface area contributed by atoms with Gasteiger partial charge in [0.1, 0.15) is 5.75 Å². The van der Waals surface area contributed by atoms with E-state index in [-0.39, 0.29) is 11.4 Å². The second-order valence-corrected chi connectivity index (χ2v) is 5.80. The van der Waals surface area contributed by atoms with Crippen LogP contribution in [-0.4, -0.2) is 60.9 Å². The topological polar surface area (TPSA) is 70.1 Å². The number of nitrogens with zero attached hydrogens (tertiary/aromatic N) is 2. The van der Waals surface area contributed by atoms with Crippen LogP contribution < -0.4 is 4.74 Å². The molecule has 124 valence electrons. The zero-order chi connectivity index (χ0) is 17.1. The zero-order valence-electron chi connectivity index (χ0n) is 13.9. The molecule has 1 aliphatic heterocycles. The Bertz CT molecular complexity index is 634. The number of aliphatic hydroxyl groups excluding tert-OH is 1. The minimum absolute atomic E-state index is 0.152. The lowest BCUT2D eigenvalue weighted by molar-refractivity contribution is -0.129. The molecule has 6 nitrogen and oxygen atoms in total. The van der Waals surface area contributed by atoms with Crippen molar-refractivity contribution in [2.75, 3.05) is 34.3 Å². The molecule has 0 saturated heterocycles. The average Bonchev–Trinajstić information content (AvgIpc) is 2.77. The van der Waals surface area contributed by atoms with E-state index in [1.54, 1.807) is 31.4 Å². The average molecular weight is 318 g/mol. The Morgan fingerprint density at radius 2 is 1.91 bits per heavy atom. The summed E-state index contributed by atoms with van der Waals surface area (Å²) in [6.45, 7) is 2.42. The lowest BCUT2D eigenvalue weighted by Gasteiger charge is -2.27. The number of likely N-dealkylation sites (N-methyl/N-ethyl adjacent to an activating group) is 1. The van der Waals surface area contributed by atoms with Crippen LogP contribution in [0, 0.1) is 0 Å². The molecule has 1 aromatic rings. The summed E-state index contributed by atoms with van der Waals surface area (Å²) in [6.07, 6.45) is 0. The van der Waals surface area contributed by atoms with Crippen LogP contribution in [0.2, 0.25) is 0 Å². The molecule has 0 unspecified atom stereocenters. The van der Waals surface area contributed by atoms with Crippen LogP contribution in [-0.2, 0) is 9.59 Å². The van der Waals surface area contributed by atoms with Gasteiger partial charge < -0.3 is 19.6 Å². The van der Waals surface area contributed by atoms with Crippen molar-refractivity contribution in [3.05, 3.63) is 41.2 Å². The molecular weight excluding hydrogens is 296 g/mol. The van der Waals surface area contributed by atoms with E-state index in [1.165, 1.54) is 11.8 Å². The summed E-state index contributed by atoms with van der Waals surface area (Å²) in [5.74, 6) is -0.561. The second kappa shape index (κ2) is 6.83. The van der Waals surface area contributed by atoms with E-state index < -0.39 is 17.7 Å². The van der Waals surface area contributed by atoms with E-state index in [4.69, 9.17) is 4.74 Å². The molecule has 0 spiro atoms. The number of Topliss-reactive ketones (excluding diaryl/α,β-unsaturated/α-hetero) is 1. The Labute approximate surface area is 136 Å². The molecule has 1 heterocycles. The first kappa shape index (κ1) is 17.0. The molecule has 23 heavy (non-hydrogen) atoms. The number of methoxy groups -OCH3 is 1. The minimum Gasteiger partial charge on any atom is -0.503 e. The van der Waals surface area contributed by atoms with Crippen molar-refractivity contribution < 1.29 is 19.4 Å². The molecule has 1 atom stereocenters. The molecule has 0 saturated carbocycles. The number of benzene rings is 1. The minimum atomic E-state index is -0.564. The Morgan fingerprint density at radius 3 is 2.39 bits per heavy atom. The van der Waals surface area contributed by atoms with Crippen molar-refractivity contribution in [3.8, 4) is 5.75 Å². The first-order chi connectivity index (χ1) is 10.9. The second-order valence-electron chi connectivity index (χ2n) is 5.80. The van der Waals surface area contributed by atoms with Crippen LogP contribution in [0.3, 0.4) is 0 Å². The van der Waals surface area contributed by atoms with E-state index in [1.807, 2.05) is 19.0 Å². The number of carbonyl (C=O) groups excluding carboxylic acids is 2. The third-order valence-corrected chi connectivity index (χ3v) is 3.90. The van der Waals surface area contributed by atoms with E-state index in [9.17, 15) is 14.7 Å². The number of aliphatic hydroxyl groups is 1. The van der Waals surface area contributed by atoms with Gasteiger partial charge in [0.2, 0.25) is 0 Å². The molecule has 0 aromatic heterocycles. The van der Waals surface area contributed by atoms with E-state index in [2.05, 4.69) is 0 Å². The number of amides is 1. The fourth-order valence-corrected chi connectivity index (χ4v) is 2.68. The smallest absolute Gasteiger partial charge is 0.290 e. The number of carbonyl (C=O) groups is 2. The quantitative estimate of drug-likeness (QED) is 0.861. The third-order valence-electron chi connectivity index (χ3n) is 3.90. The molecule has 1 aliphatic rings. The van der Waals surface area contributed by atoms with Gasteiger partial charge in [0.15, 0.2) is 11.5 Å². The van der Waals surface area contributed by atoms with Gasteiger partial charge in [0.25, 0.3) is 5.91 Å². The lowest BCUT2D eigenvalue weighted by atomic mass is 9.96. The number of hydrogen-bond acceptors (Lipinski definition) is 5. The third kappa shape index (κ3) is 3.37. The van der Waals surface area contributed by atoms with Gasteiger partial charge in [-0.2, -0.15) is 0 Å². The molecule has 2 rings (SSSR count). The molecule has 0 aliphatic carbocycles. The molecule has 1 amide bonds. The largest absolute Gasteiger partial charge is 0.503 e. The monoisotopic (exact) mass is 318 g/mol. The lowest BCUT2D eigenvalue weighted by Crippen LogP contribution is -2.36. The van der Waals surface area contributed by atoms with Gasteiger partial charge >= 0.3 is 0 Å². The first-order valence-corrected chi connectivity index (χ1v) is 7.40. The highest BCUT2D eigenvalue weighted by Gasteiger charge is 2.42. The maximum absolute atomic E-state index is 12.4. The van der Waals surface area contributed by atoms with E-state index in [0.717, 1.165) is 5.56 Å². The van der Waals surface area contributed by atoms with Crippen molar-refractivity contribution in [1.82, 2.24) is 9.80 Å². The number of ketones is 1. The molecule has 6 heteroatoms. The Balaban J connectivity index is 2.42. The van der Waals surface area contributed by atoms with Gasteiger partial charge in [0, 0.05) is 13.1 Å². The summed E-state index contributed by atoms with van der Waals surface area (Å²) in [4.78, 5) is 27.8. The predicted molar refractivity (Wildman–Crippen MR) is 86.3 cm³/mol. The van der Waals surface area contributed by atoms with Crippen molar-refractivity contribution in [2.45, 2.75) is 13.0 Å². The summed E-state index contributed by atoms with van der Waals surface area (Å²) in [7, 11) is 5.38. The van der Waals surface area contributed by atoms with Crippen molar-refractivity contribution in [2.24, 2.45) is 0 Å². The molecule has 1 N–H and O–H groups in total. The SMILES string of the molecule is COc1ccc([C@@H]2C(C(C)=O)=C(O)C(=O)N2CCN(C)C)cc1. The highest BCUT2D eigenvalue weighted by atomic mass is 16.5.